The summed E-state index contributed by atoms with van der Waals surface area (Å²) < 4.78 is 35.5. The minimum absolute atomic E-state index is 0.0501. The molecule has 0 aliphatic heterocycles. The molecule has 4 N–H and O–H groups in total. The maximum atomic E-state index is 14.7. The zero-order valence-corrected chi connectivity index (χ0v) is 20.6. The van der Waals surface area contributed by atoms with Gasteiger partial charge in [-0.3, -0.25) is 9.20 Å². The van der Waals surface area contributed by atoms with E-state index >= 15 is 0 Å². The highest BCUT2D eigenvalue weighted by Gasteiger charge is 2.22. The van der Waals surface area contributed by atoms with Gasteiger partial charge in [-0.15, -0.1) is 0 Å². The van der Waals surface area contributed by atoms with Gasteiger partial charge in [0.1, 0.15) is 0 Å². The predicted octanol–water partition coefficient (Wildman–Crippen LogP) is 4.73. The Morgan fingerprint density at radius 1 is 1.11 bits per heavy atom. The Bertz CT molecular complexity index is 1460. The number of nitrogens with one attached hydrogen (secondary N) is 2. The number of rotatable bonds is 6. The van der Waals surface area contributed by atoms with Crippen LogP contribution in [0, 0.1) is 18.6 Å². The van der Waals surface area contributed by atoms with Crippen LogP contribution in [-0.4, -0.2) is 39.5 Å². The minimum Gasteiger partial charge on any atom is -0.494 e. The van der Waals surface area contributed by atoms with E-state index in [0.717, 1.165) is 31.2 Å². The van der Waals surface area contributed by atoms with Gasteiger partial charge in [0.15, 0.2) is 23.0 Å². The second kappa shape index (κ2) is 10.1. The lowest BCUT2D eigenvalue weighted by Crippen LogP contribution is -2.40. The van der Waals surface area contributed by atoms with Crippen LogP contribution in [0.2, 0.25) is 0 Å². The molecule has 192 valence electrons. The molecule has 37 heavy (non-hydrogen) atoms. The summed E-state index contributed by atoms with van der Waals surface area (Å²) in [5.74, 6) is -1.92. The fourth-order valence-corrected chi connectivity index (χ4v) is 4.75. The molecule has 0 saturated heterocycles. The molecule has 2 aromatic carbocycles. The Morgan fingerprint density at radius 3 is 2.62 bits per heavy atom. The van der Waals surface area contributed by atoms with Crippen LogP contribution in [0.15, 0.2) is 48.9 Å². The number of hydrogen-bond acceptors (Lipinski definition) is 6. The molecule has 2 aromatic heterocycles. The quantitative estimate of drug-likeness (QED) is 0.349. The number of ether oxygens (including phenoxy) is 1. The Labute approximate surface area is 212 Å². The van der Waals surface area contributed by atoms with Crippen LogP contribution < -0.4 is 21.1 Å². The molecule has 10 heteroatoms. The third-order valence-corrected chi connectivity index (χ3v) is 6.81. The summed E-state index contributed by atoms with van der Waals surface area (Å²) in [4.78, 5) is 21.6. The lowest BCUT2D eigenvalue weighted by Gasteiger charge is -2.27. The monoisotopic (exact) mass is 506 g/mol. The van der Waals surface area contributed by atoms with Gasteiger partial charge >= 0.3 is 0 Å². The minimum atomic E-state index is -1.06. The van der Waals surface area contributed by atoms with E-state index in [4.69, 9.17) is 10.5 Å². The summed E-state index contributed by atoms with van der Waals surface area (Å²) in [6.45, 7) is 1.87. The summed E-state index contributed by atoms with van der Waals surface area (Å²) in [5.41, 5.74) is 8.94. The molecule has 8 nitrogen and oxygen atoms in total. The van der Waals surface area contributed by atoms with Crippen molar-refractivity contribution in [3.05, 3.63) is 71.7 Å². The van der Waals surface area contributed by atoms with Crippen molar-refractivity contribution in [1.29, 1.82) is 0 Å². The first kappa shape index (κ1) is 24.6. The maximum Gasteiger partial charge on any atom is 0.251 e. The van der Waals surface area contributed by atoms with E-state index in [-0.39, 0.29) is 29.3 Å². The van der Waals surface area contributed by atoms with E-state index in [0.29, 0.717) is 28.4 Å². The zero-order chi connectivity index (χ0) is 26.1. The number of amides is 1. The van der Waals surface area contributed by atoms with Crippen LogP contribution in [0.4, 0.5) is 20.3 Å². The van der Waals surface area contributed by atoms with Crippen LogP contribution in [-0.2, 0) is 0 Å². The number of imidazole rings is 1. The molecule has 0 radical (unpaired) electrons. The number of aromatic nitrogens is 3. The number of hydrogen-bond donors (Lipinski definition) is 3. The summed E-state index contributed by atoms with van der Waals surface area (Å²) in [6.07, 6.45) is 8.25. The van der Waals surface area contributed by atoms with Crippen molar-refractivity contribution < 1.29 is 18.3 Å². The van der Waals surface area contributed by atoms with Gasteiger partial charge in [0.2, 0.25) is 5.82 Å². The summed E-state index contributed by atoms with van der Waals surface area (Å²) >= 11 is 0. The lowest BCUT2D eigenvalue weighted by atomic mass is 9.91. The number of benzene rings is 2. The van der Waals surface area contributed by atoms with E-state index < -0.39 is 11.6 Å². The number of nitrogens with two attached hydrogens (primary N) is 1. The van der Waals surface area contributed by atoms with Crippen molar-refractivity contribution in [3.8, 4) is 17.0 Å². The molecule has 0 spiro atoms. The molecule has 0 unspecified atom stereocenters. The second-order valence-electron chi connectivity index (χ2n) is 9.30. The smallest absolute Gasteiger partial charge is 0.251 e. The molecule has 5 rings (SSSR count). The van der Waals surface area contributed by atoms with Crippen LogP contribution in [0.1, 0.15) is 41.6 Å². The highest BCUT2D eigenvalue weighted by atomic mass is 19.2. The average molecular weight is 507 g/mol. The number of carbonyl (C=O) groups excluding carboxylic acids is 1. The van der Waals surface area contributed by atoms with E-state index in [1.54, 1.807) is 28.9 Å². The summed E-state index contributed by atoms with van der Waals surface area (Å²) in [6, 6.07) is 8.62. The van der Waals surface area contributed by atoms with E-state index in [1.807, 2.05) is 13.0 Å². The van der Waals surface area contributed by atoms with Gasteiger partial charge in [-0.05, 0) is 68.5 Å². The molecule has 2 heterocycles. The fraction of sp³-hybridized carbons (Fsp3) is 0.296. The summed E-state index contributed by atoms with van der Waals surface area (Å²) in [5, 5.41) is 6.34. The molecular weight excluding hydrogens is 478 g/mol. The molecule has 0 atom stereocenters. The number of carbonyl (C=O) groups is 1. The molecule has 0 bridgehead atoms. The van der Waals surface area contributed by atoms with E-state index in [9.17, 15) is 13.6 Å². The van der Waals surface area contributed by atoms with Gasteiger partial charge in [0.05, 0.1) is 19.0 Å². The van der Waals surface area contributed by atoms with Gasteiger partial charge < -0.3 is 21.1 Å². The standard InChI is InChI=1S/C27H28F2N6O2/c1-15-13-18(7-8-19(15)27(36)34-17-5-3-16(30)4-6-17)33-25-26-32-14-21(35(26)12-11-31-25)20-9-10-22(37-2)24(29)23(20)28/h7-14,16-17H,3-6,30H2,1-2H3,(H,31,33)(H,34,36)/t16-,17-. The van der Waals surface area contributed by atoms with Crippen LogP contribution in [0.25, 0.3) is 16.9 Å². The molecule has 1 aliphatic carbocycles. The zero-order valence-electron chi connectivity index (χ0n) is 20.6. The van der Waals surface area contributed by atoms with E-state index in [1.165, 1.54) is 25.4 Å². The fourth-order valence-electron chi connectivity index (χ4n) is 4.75. The largest absolute Gasteiger partial charge is 0.494 e. The predicted molar refractivity (Wildman–Crippen MR) is 137 cm³/mol. The SMILES string of the molecule is COc1ccc(-c2cnc3c(Nc4ccc(C(=O)N[C@H]5CC[C@H](N)CC5)c(C)c4)nccn23)c(F)c1F. The van der Waals surface area contributed by atoms with Crippen molar-refractivity contribution in [2.75, 3.05) is 12.4 Å². The van der Waals surface area contributed by atoms with Gasteiger partial charge in [-0.1, -0.05) is 0 Å². The van der Waals surface area contributed by atoms with E-state index in [2.05, 4.69) is 20.6 Å². The van der Waals surface area contributed by atoms with Crippen molar-refractivity contribution >= 4 is 23.1 Å². The Kier molecular flexibility index (Phi) is 6.75. The van der Waals surface area contributed by atoms with Crippen LogP contribution in [0.5, 0.6) is 5.75 Å². The van der Waals surface area contributed by atoms with Crippen molar-refractivity contribution in [2.24, 2.45) is 5.73 Å². The normalized spacial score (nSPS) is 17.5. The third-order valence-electron chi connectivity index (χ3n) is 6.81. The number of halogens is 2. The number of nitrogens with zero attached hydrogens (tertiary/aromatic N) is 3. The lowest BCUT2D eigenvalue weighted by molar-refractivity contribution is 0.0925. The molecule has 1 amide bonds. The maximum absolute atomic E-state index is 14.7. The highest BCUT2D eigenvalue weighted by molar-refractivity contribution is 5.96. The molecule has 1 saturated carbocycles. The summed E-state index contributed by atoms with van der Waals surface area (Å²) in [7, 11) is 1.28. The molecule has 1 fully saturated rings. The Hall–Kier alpha value is -4.05. The van der Waals surface area contributed by atoms with Gasteiger partial charge in [-0.2, -0.15) is 4.39 Å². The van der Waals surface area contributed by atoms with Gasteiger partial charge in [0, 0.05) is 41.3 Å². The number of aryl methyl sites for hydroxylation is 1. The number of anilines is 2. The van der Waals surface area contributed by atoms with Gasteiger partial charge in [0.25, 0.3) is 5.91 Å². The van der Waals surface area contributed by atoms with Crippen LogP contribution in [0.3, 0.4) is 0 Å². The Balaban J connectivity index is 1.37. The molecule has 4 aromatic rings. The highest BCUT2D eigenvalue weighted by Crippen LogP contribution is 2.31. The topological polar surface area (TPSA) is 107 Å². The first-order chi connectivity index (χ1) is 17.9. The number of fused-ring (bicyclic) bond motifs is 1. The van der Waals surface area contributed by atoms with Crippen molar-refractivity contribution in [3.63, 3.8) is 0 Å². The number of methoxy groups -OCH3 is 1. The first-order valence-corrected chi connectivity index (χ1v) is 12.1. The first-order valence-electron chi connectivity index (χ1n) is 12.1. The third kappa shape index (κ3) is 4.84. The van der Waals surface area contributed by atoms with Crippen LogP contribution >= 0.6 is 0 Å². The van der Waals surface area contributed by atoms with Gasteiger partial charge in [-0.25, -0.2) is 14.4 Å². The molecule has 1 aliphatic rings. The van der Waals surface area contributed by atoms with Crippen molar-refractivity contribution in [2.45, 2.75) is 44.7 Å². The second-order valence-corrected chi connectivity index (χ2v) is 9.30. The molecular formula is C27H28F2N6O2. The average Bonchev–Trinajstić information content (AvgIpc) is 3.32. The van der Waals surface area contributed by atoms with Crippen molar-refractivity contribution in [1.82, 2.24) is 19.7 Å². The Morgan fingerprint density at radius 2 is 1.89 bits per heavy atom.